The topological polar surface area (TPSA) is 54.1 Å². The molecule has 2 rings (SSSR count). The van der Waals surface area contributed by atoms with Crippen LogP contribution in [-0.4, -0.2) is 16.7 Å². The number of hydrogen-bond acceptors (Lipinski definition) is 2. The summed E-state index contributed by atoms with van der Waals surface area (Å²) in [6.07, 6.45) is -0.527. The van der Waals surface area contributed by atoms with Gasteiger partial charge in [-0.05, 0) is 48.8 Å². The molecule has 0 fully saturated rings. The van der Waals surface area contributed by atoms with Crippen molar-refractivity contribution in [2.75, 3.05) is 0 Å². The van der Waals surface area contributed by atoms with Gasteiger partial charge in [0, 0.05) is 11.1 Å². The van der Waals surface area contributed by atoms with Gasteiger partial charge in [-0.3, -0.25) is 0 Å². The van der Waals surface area contributed by atoms with Gasteiger partial charge in [-0.2, -0.15) is 0 Å². The van der Waals surface area contributed by atoms with Gasteiger partial charge in [0.1, 0.15) is 5.60 Å². The maximum absolute atomic E-state index is 14.0. The van der Waals surface area contributed by atoms with Crippen LogP contribution in [0.5, 0.6) is 0 Å². The summed E-state index contributed by atoms with van der Waals surface area (Å²) in [6.45, 7) is 5.55. The van der Waals surface area contributed by atoms with Crippen LogP contribution in [0.4, 0.5) is 9.18 Å². The normalized spacial score (nSPS) is 11.7. The van der Waals surface area contributed by atoms with E-state index in [1.807, 2.05) is 0 Å². The molecule has 7 heteroatoms. The van der Waals surface area contributed by atoms with Crippen molar-refractivity contribution >= 4 is 44.5 Å². The molecule has 1 amide bonds. The summed E-state index contributed by atoms with van der Waals surface area (Å²) in [5, 5.41) is 3.54. The van der Waals surface area contributed by atoms with E-state index in [1.54, 1.807) is 32.9 Å². The average molecular weight is 378 g/mol. The minimum absolute atomic E-state index is 0.207. The maximum Gasteiger partial charge on any atom is 0.407 e. The third kappa shape index (κ3) is 3.89. The number of nitrogens with one attached hydrogen (secondary N) is 2. The van der Waals surface area contributed by atoms with Gasteiger partial charge in [-0.25, -0.2) is 9.18 Å². The number of ether oxygens (including phenoxy) is 1. The average Bonchev–Trinajstić information content (AvgIpc) is 2.75. The number of rotatable bonds is 2. The number of fused-ring (bicyclic) bond motifs is 1. The second-order valence-electron chi connectivity index (χ2n) is 5.60. The van der Waals surface area contributed by atoms with Crippen LogP contribution >= 0.6 is 27.5 Å². The molecule has 0 spiro atoms. The smallest absolute Gasteiger partial charge is 0.407 e. The van der Waals surface area contributed by atoms with E-state index < -0.39 is 17.5 Å². The molecule has 0 saturated heterocycles. The summed E-state index contributed by atoms with van der Waals surface area (Å²) in [5.74, 6) is -0.457. The molecule has 114 valence electrons. The maximum atomic E-state index is 14.0. The van der Waals surface area contributed by atoms with E-state index >= 15 is 0 Å². The molecule has 4 nitrogen and oxygen atoms in total. The van der Waals surface area contributed by atoms with Crippen LogP contribution in [0.3, 0.4) is 0 Å². The van der Waals surface area contributed by atoms with Gasteiger partial charge in [0.2, 0.25) is 0 Å². The first-order valence-electron chi connectivity index (χ1n) is 6.29. The number of halogens is 3. The first-order chi connectivity index (χ1) is 9.67. The summed E-state index contributed by atoms with van der Waals surface area (Å²) in [7, 11) is 0. The monoisotopic (exact) mass is 376 g/mol. The van der Waals surface area contributed by atoms with Gasteiger partial charge in [-0.15, -0.1) is 0 Å². The number of carbonyl (C=O) groups excluding carboxylic acids is 1. The van der Waals surface area contributed by atoms with Gasteiger partial charge in [0.05, 0.1) is 21.6 Å². The lowest BCUT2D eigenvalue weighted by molar-refractivity contribution is 0.0523. The predicted molar refractivity (Wildman–Crippen MR) is 84.0 cm³/mol. The van der Waals surface area contributed by atoms with Crippen molar-refractivity contribution in [3.63, 3.8) is 0 Å². The van der Waals surface area contributed by atoms with Crippen LogP contribution in [0.15, 0.2) is 16.6 Å². The van der Waals surface area contributed by atoms with Crippen molar-refractivity contribution < 1.29 is 13.9 Å². The van der Waals surface area contributed by atoms with Crippen molar-refractivity contribution in [3.05, 3.63) is 33.1 Å². The lowest BCUT2D eigenvalue weighted by Crippen LogP contribution is -2.32. The van der Waals surface area contributed by atoms with Crippen LogP contribution in [0.25, 0.3) is 10.9 Å². The van der Waals surface area contributed by atoms with E-state index in [0.717, 1.165) is 0 Å². The molecule has 0 radical (unpaired) electrons. The summed E-state index contributed by atoms with van der Waals surface area (Å²) >= 11 is 9.00. The van der Waals surface area contributed by atoms with E-state index in [4.69, 9.17) is 16.3 Å². The Morgan fingerprint density at radius 3 is 2.76 bits per heavy atom. The van der Waals surface area contributed by atoms with Crippen molar-refractivity contribution in [2.24, 2.45) is 0 Å². The Balaban J connectivity index is 2.14. The summed E-state index contributed by atoms with van der Waals surface area (Å²) in [5.41, 5.74) is 0.436. The first kappa shape index (κ1) is 16.1. The minimum atomic E-state index is -0.560. The second-order valence-corrected chi connectivity index (χ2v) is 6.80. The highest BCUT2D eigenvalue weighted by Gasteiger charge is 2.17. The molecule has 1 heterocycles. The molecule has 1 aromatic heterocycles. The number of aromatic nitrogens is 1. The number of hydrogen-bond donors (Lipinski definition) is 2. The molecule has 0 aliphatic heterocycles. The Bertz CT molecular complexity index is 694. The van der Waals surface area contributed by atoms with Crippen molar-refractivity contribution in [3.8, 4) is 0 Å². The van der Waals surface area contributed by atoms with E-state index in [2.05, 4.69) is 26.2 Å². The van der Waals surface area contributed by atoms with Gasteiger partial charge in [-0.1, -0.05) is 11.6 Å². The molecule has 0 aliphatic rings. The largest absolute Gasteiger partial charge is 0.444 e. The van der Waals surface area contributed by atoms with Gasteiger partial charge in [0.15, 0.2) is 5.82 Å². The fourth-order valence-corrected chi connectivity index (χ4v) is 2.33. The first-order valence-corrected chi connectivity index (χ1v) is 7.46. The Morgan fingerprint density at radius 2 is 2.14 bits per heavy atom. The van der Waals surface area contributed by atoms with Gasteiger partial charge >= 0.3 is 6.09 Å². The fraction of sp³-hybridized carbons (Fsp3) is 0.357. The fourth-order valence-electron chi connectivity index (χ4n) is 1.82. The zero-order chi connectivity index (χ0) is 15.8. The molecule has 1 aromatic carbocycles. The molecule has 0 aliphatic carbocycles. The van der Waals surface area contributed by atoms with Crippen LogP contribution in [0.1, 0.15) is 26.5 Å². The number of H-pyrrole nitrogens is 1. The van der Waals surface area contributed by atoms with E-state index in [-0.39, 0.29) is 11.0 Å². The Morgan fingerprint density at radius 1 is 1.48 bits per heavy atom. The molecule has 21 heavy (non-hydrogen) atoms. The molecular formula is C14H15BrClFN2O2. The summed E-state index contributed by atoms with van der Waals surface area (Å²) < 4.78 is 19.4. The lowest BCUT2D eigenvalue weighted by atomic mass is 10.2. The molecular weight excluding hydrogens is 363 g/mol. The van der Waals surface area contributed by atoms with Crippen LogP contribution in [0.2, 0.25) is 5.02 Å². The zero-order valence-electron chi connectivity index (χ0n) is 11.8. The van der Waals surface area contributed by atoms with Crippen molar-refractivity contribution in [1.29, 1.82) is 0 Å². The van der Waals surface area contributed by atoms with E-state index in [1.165, 1.54) is 0 Å². The lowest BCUT2D eigenvalue weighted by Gasteiger charge is -2.19. The molecule has 0 unspecified atom stereocenters. The third-order valence-electron chi connectivity index (χ3n) is 2.63. The number of aromatic amines is 1. The van der Waals surface area contributed by atoms with Crippen LogP contribution in [-0.2, 0) is 11.3 Å². The second kappa shape index (κ2) is 5.85. The highest BCUT2D eigenvalue weighted by atomic mass is 79.9. The Hall–Kier alpha value is -1.27. The number of alkyl carbamates (subject to hydrolysis) is 1. The highest BCUT2D eigenvalue weighted by Crippen LogP contribution is 2.32. The Kier molecular flexibility index (Phi) is 4.49. The standard InChI is InChI=1S/C14H15BrClFN2O2/c1-14(2,3)21-13(20)18-6-8-4-7-5-9(16)10(15)11(17)12(7)19-8/h4-5,19H,6H2,1-3H3,(H,18,20). The number of amides is 1. The molecule has 2 aromatic rings. The van der Waals surface area contributed by atoms with Crippen molar-refractivity contribution in [1.82, 2.24) is 10.3 Å². The van der Waals surface area contributed by atoms with E-state index in [9.17, 15) is 9.18 Å². The van der Waals surface area contributed by atoms with Gasteiger partial charge < -0.3 is 15.0 Å². The summed E-state index contributed by atoms with van der Waals surface area (Å²) in [4.78, 5) is 14.5. The molecule has 0 atom stereocenters. The third-order valence-corrected chi connectivity index (χ3v) is 3.93. The predicted octanol–water partition coefficient (Wildman–Crippen LogP) is 4.75. The SMILES string of the molecule is CC(C)(C)OC(=O)NCc1cc2cc(Cl)c(Br)c(F)c2[nH]1. The van der Waals surface area contributed by atoms with E-state index in [0.29, 0.717) is 21.6 Å². The highest BCUT2D eigenvalue weighted by molar-refractivity contribution is 9.10. The number of benzene rings is 1. The van der Waals surface area contributed by atoms with Gasteiger partial charge in [0.25, 0.3) is 0 Å². The molecule has 0 saturated carbocycles. The minimum Gasteiger partial charge on any atom is -0.444 e. The molecule has 2 N–H and O–H groups in total. The van der Waals surface area contributed by atoms with Crippen LogP contribution in [0, 0.1) is 5.82 Å². The summed E-state index contributed by atoms with van der Waals surface area (Å²) in [6, 6.07) is 3.38. The Labute approximate surface area is 135 Å². The molecule has 0 bridgehead atoms. The number of carbonyl (C=O) groups is 1. The zero-order valence-corrected chi connectivity index (χ0v) is 14.2. The quantitative estimate of drug-likeness (QED) is 0.742. The van der Waals surface area contributed by atoms with Crippen molar-refractivity contribution in [2.45, 2.75) is 32.9 Å². The van der Waals surface area contributed by atoms with Crippen LogP contribution < -0.4 is 5.32 Å².